The average molecular weight is 460 g/mol. The minimum absolute atomic E-state index is 0.0613. The number of alkyl carbamates (subject to hydrolysis) is 1. The average Bonchev–Trinajstić information content (AvgIpc) is 2.98. The molecular weight excluding hydrogens is 439 g/mol. The highest BCUT2D eigenvalue weighted by Crippen LogP contribution is 2.42. The van der Waals surface area contributed by atoms with E-state index in [-0.39, 0.29) is 22.0 Å². The van der Waals surface area contributed by atoms with Gasteiger partial charge in [0.2, 0.25) is 5.28 Å². The number of anilines is 1. The number of ether oxygens (including phenoxy) is 1. The van der Waals surface area contributed by atoms with Crippen LogP contribution in [0.4, 0.5) is 19.4 Å². The van der Waals surface area contributed by atoms with Crippen molar-refractivity contribution in [1.82, 2.24) is 20.3 Å². The van der Waals surface area contributed by atoms with E-state index in [1.807, 2.05) is 4.90 Å². The number of piperidine rings is 1. The van der Waals surface area contributed by atoms with Crippen LogP contribution in [0.1, 0.15) is 40.0 Å². The van der Waals surface area contributed by atoms with Crippen molar-refractivity contribution in [2.24, 2.45) is 0 Å². The van der Waals surface area contributed by atoms with Crippen LogP contribution in [0, 0.1) is 5.82 Å². The van der Waals surface area contributed by atoms with Crippen molar-refractivity contribution in [3.63, 3.8) is 0 Å². The summed E-state index contributed by atoms with van der Waals surface area (Å²) in [6.07, 6.45) is 0.951. The molecule has 0 unspecified atom stereocenters. The van der Waals surface area contributed by atoms with Crippen molar-refractivity contribution in [2.45, 2.75) is 69.9 Å². The molecule has 0 radical (unpaired) electrons. The van der Waals surface area contributed by atoms with E-state index < -0.39 is 35.8 Å². The second-order valence-electron chi connectivity index (χ2n) is 8.58. The third-order valence-electron chi connectivity index (χ3n) is 5.37. The highest BCUT2D eigenvalue weighted by Gasteiger charge is 2.49. The van der Waals surface area contributed by atoms with Gasteiger partial charge in [0.1, 0.15) is 23.1 Å². The van der Waals surface area contributed by atoms with E-state index in [1.165, 1.54) is 6.20 Å². The zero-order chi connectivity index (χ0) is 21.8. The number of alkyl halides is 1. The highest BCUT2D eigenvalue weighted by molar-refractivity contribution is 6.30. The summed E-state index contributed by atoms with van der Waals surface area (Å²) in [5.74, 6) is -0.482. The van der Waals surface area contributed by atoms with Crippen molar-refractivity contribution in [3.8, 4) is 0 Å². The van der Waals surface area contributed by atoms with E-state index in [9.17, 15) is 9.18 Å². The predicted octanol–water partition coefficient (Wildman–Crippen LogP) is 4.44. The van der Waals surface area contributed by atoms with Crippen LogP contribution in [0.3, 0.4) is 0 Å². The Hall–Kier alpha value is -2.00. The number of carbonyl (C=O) groups excluding carboxylic acids is 1. The summed E-state index contributed by atoms with van der Waals surface area (Å²) < 4.78 is 35.1. The zero-order valence-electron chi connectivity index (χ0n) is 16.6. The molecule has 0 saturated carbocycles. The molecule has 2 bridgehead atoms. The number of nitrogens with one attached hydrogen (secondary N) is 1. The molecule has 0 spiro atoms. The molecule has 4 rings (SSSR count). The van der Waals surface area contributed by atoms with Gasteiger partial charge in [-0.1, -0.05) is 11.6 Å². The summed E-state index contributed by atoms with van der Waals surface area (Å²) in [7, 11) is 0. The van der Waals surface area contributed by atoms with Gasteiger partial charge in [0, 0.05) is 12.2 Å². The van der Waals surface area contributed by atoms with Crippen LogP contribution in [0.5, 0.6) is 0 Å². The van der Waals surface area contributed by atoms with Gasteiger partial charge in [-0.15, -0.1) is 0 Å². The Bertz CT molecular complexity index is 1000. The minimum Gasteiger partial charge on any atom is -0.444 e. The summed E-state index contributed by atoms with van der Waals surface area (Å²) in [5, 5.41) is 2.47. The molecule has 1 N–H and O–H groups in total. The van der Waals surface area contributed by atoms with Gasteiger partial charge in [-0.25, -0.2) is 23.5 Å². The molecule has 0 aromatic carbocycles. The smallest absolute Gasteiger partial charge is 0.407 e. The van der Waals surface area contributed by atoms with Gasteiger partial charge < -0.3 is 15.0 Å². The van der Waals surface area contributed by atoms with Gasteiger partial charge >= 0.3 is 6.09 Å². The van der Waals surface area contributed by atoms with Gasteiger partial charge in [0.05, 0.1) is 17.5 Å². The Balaban J connectivity index is 1.64. The standard InChI is InChI=1S/C19H21Cl2F2N5O2/c1-19(2,3)30-18(29)25-10-6-8-4-5-11(12(10)22)28(8)16-9-7-24-15(20)13(23)14(9)26-17(21)27-16/h7-8,10-12H,4-6H2,1-3H3,(H,25,29)/t8-,10-,11-,12+/m0/s1. The first-order valence-electron chi connectivity index (χ1n) is 9.64. The number of amides is 1. The summed E-state index contributed by atoms with van der Waals surface area (Å²) in [6.45, 7) is 5.24. The molecule has 0 aliphatic carbocycles. The highest BCUT2D eigenvalue weighted by atomic mass is 35.5. The molecule has 2 aromatic heterocycles. The van der Waals surface area contributed by atoms with E-state index in [2.05, 4.69) is 20.3 Å². The van der Waals surface area contributed by atoms with E-state index in [1.54, 1.807) is 20.8 Å². The van der Waals surface area contributed by atoms with Crippen molar-refractivity contribution >= 4 is 46.0 Å². The molecule has 2 aliphatic rings. The minimum atomic E-state index is -1.37. The largest absolute Gasteiger partial charge is 0.444 e. The Labute approximate surface area is 182 Å². The van der Waals surface area contributed by atoms with Gasteiger partial charge in [0.25, 0.3) is 0 Å². The number of carbonyl (C=O) groups is 1. The monoisotopic (exact) mass is 459 g/mol. The number of hydrogen-bond acceptors (Lipinski definition) is 6. The number of nitrogens with zero attached hydrogens (tertiary/aromatic N) is 4. The van der Waals surface area contributed by atoms with Crippen LogP contribution in [-0.2, 0) is 4.74 Å². The first-order chi connectivity index (χ1) is 14.0. The van der Waals surface area contributed by atoms with Crippen molar-refractivity contribution in [3.05, 3.63) is 22.5 Å². The molecular formula is C19H21Cl2F2N5O2. The first-order valence-corrected chi connectivity index (χ1v) is 10.4. The van der Waals surface area contributed by atoms with Crippen molar-refractivity contribution in [2.75, 3.05) is 4.90 Å². The number of aromatic nitrogens is 3. The Morgan fingerprint density at radius 2 is 2.03 bits per heavy atom. The van der Waals surface area contributed by atoms with Crippen LogP contribution in [0.15, 0.2) is 6.20 Å². The second kappa shape index (κ2) is 7.60. The van der Waals surface area contributed by atoms with Crippen LogP contribution in [0.2, 0.25) is 10.4 Å². The fraction of sp³-hybridized carbons (Fsp3) is 0.579. The van der Waals surface area contributed by atoms with Gasteiger partial charge in [-0.2, -0.15) is 4.98 Å². The van der Waals surface area contributed by atoms with Gasteiger partial charge in [0.15, 0.2) is 11.0 Å². The quantitative estimate of drug-likeness (QED) is 0.527. The molecule has 11 heteroatoms. The molecule has 2 aromatic rings. The molecule has 1 amide bonds. The molecule has 2 saturated heterocycles. The summed E-state index contributed by atoms with van der Waals surface area (Å²) in [6, 6.07) is -1.37. The molecule has 2 fully saturated rings. The number of fused-ring (bicyclic) bond motifs is 3. The molecule has 2 aliphatic heterocycles. The second-order valence-corrected chi connectivity index (χ2v) is 9.28. The fourth-order valence-corrected chi connectivity index (χ4v) is 4.57. The molecule has 4 heterocycles. The topological polar surface area (TPSA) is 80.2 Å². The first kappa shape index (κ1) is 21.2. The lowest BCUT2D eigenvalue weighted by molar-refractivity contribution is 0.0447. The van der Waals surface area contributed by atoms with Gasteiger partial charge in [-0.3, -0.25) is 0 Å². The van der Waals surface area contributed by atoms with Crippen LogP contribution >= 0.6 is 23.2 Å². The Kier molecular flexibility index (Phi) is 5.38. The van der Waals surface area contributed by atoms with E-state index in [4.69, 9.17) is 27.9 Å². The molecule has 162 valence electrons. The maximum Gasteiger partial charge on any atom is 0.407 e. The lowest BCUT2D eigenvalue weighted by atomic mass is 9.95. The number of hydrogen-bond donors (Lipinski definition) is 1. The predicted molar refractivity (Wildman–Crippen MR) is 109 cm³/mol. The maximum absolute atomic E-state index is 15.4. The number of pyridine rings is 1. The van der Waals surface area contributed by atoms with Crippen molar-refractivity contribution < 1.29 is 18.3 Å². The van der Waals surface area contributed by atoms with Crippen LogP contribution in [-0.4, -0.2) is 50.9 Å². The summed E-state index contributed by atoms with van der Waals surface area (Å²) in [4.78, 5) is 26.0. The number of halogens is 4. The Morgan fingerprint density at radius 1 is 1.30 bits per heavy atom. The molecule has 4 atom stereocenters. The molecule has 30 heavy (non-hydrogen) atoms. The fourth-order valence-electron chi connectivity index (χ4n) is 4.26. The third-order valence-corrected chi connectivity index (χ3v) is 5.80. The maximum atomic E-state index is 15.4. The summed E-state index contributed by atoms with van der Waals surface area (Å²) in [5.41, 5.74) is -0.737. The number of rotatable bonds is 2. The normalized spacial score (nSPS) is 26.2. The molecule has 7 nitrogen and oxygen atoms in total. The van der Waals surface area contributed by atoms with Crippen LogP contribution in [0.25, 0.3) is 10.9 Å². The van der Waals surface area contributed by atoms with E-state index in [0.717, 1.165) is 0 Å². The van der Waals surface area contributed by atoms with Crippen LogP contribution < -0.4 is 10.2 Å². The summed E-state index contributed by atoms with van der Waals surface area (Å²) >= 11 is 11.8. The van der Waals surface area contributed by atoms with Crippen molar-refractivity contribution in [1.29, 1.82) is 0 Å². The Morgan fingerprint density at radius 3 is 2.73 bits per heavy atom. The third kappa shape index (κ3) is 3.85. The van der Waals surface area contributed by atoms with Gasteiger partial charge in [-0.05, 0) is 51.6 Å². The van der Waals surface area contributed by atoms with E-state index in [0.29, 0.717) is 30.5 Å². The lowest BCUT2D eigenvalue weighted by Crippen LogP contribution is -2.58. The lowest BCUT2D eigenvalue weighted by Gasteiger charge is -2.42. The SMILES string of the molecule is CC(C)(C)OC(=O)N[C@H]1C[C@@H]2CC[C@@H]([C@@H]1F)N2c1nc(Cl)nc2c(F)c(Cl)ncc12. The van der Waals surface area contributed by atoms with E-state index >= 15 is 4.39 Å². The zero-order valence-corrected chi connectivity index (χ0v) is 18.1.